The molecule has 4 heteroatoms. The third kappa shape index (κ3) is 119. The minimum Gasteiger partial charge on any atom is -0.328 e. The second-order valence-corrected chi connectivity index (χ2v) is 41.3. The maximum absolute atomic E-state index is 6.32. The monoisotopic (exact) mass is 1740 g/mol. The summed E-state index contributed by atoms with van der Waals surface area (Å²) in [5.41, 5.74) is 6.32. The molecule has 0 aliphatic carbocycles. The minimum atomic E-state index is 0.458. The van der Waals surface area contributed by atoms with E-state index in [0.717, 1.165) is 24.0 Å². The van der Waals surface area contributed by atoms with Gasteiger partial charge in [0.25, 0.3) is 0 Å². The Balaban J connectivity index is -0.000000775. The molecular weight excluding hydrogens is 1500 g/mol. The van der Waals surface area contributed by atoms with Crippen LogP contribution in [0.15, 0.2) is 48.6 Å². The Morgan fingerprint density at radius 3 is 0.452 bits per heavy atom. The smallest absolute Gasteiger partial charge is 0.00892 e. The fourth-order valence-electron chi connectivity index (χ4n) is 18.3. The van der Waals surface area contributed by atoms with Crippen LogP contribution in [-0.4, -0.2) is 81.2 Å². The molecule has 0 saturated carbocycles. The lowest BCUT2D eigenvalue weighted by Gasteiger charge is -2.24. The van der Waals surface area contributed by atoms with Gasteiger partial charge in [0.05, 0.1) is 0 Å². The van der Waals surface area contributed by atoms with Crippen molar-refractivity contribution < 1.29 is 0 Å². The van der Waals surface area contributed by atoms with Gasteiger partial charge in [-0.05, 0) is 202 Å². The van der Waals surface area contributed by atoms with Crippen molar-refractivity contribution in [3.8, 4) is 0 Å². The molecule has 4 nitrogen and oxygen atoms in total. The van der Waals surface area contributed by atoms with Gasteiger partial charge in [0.2, 0.25) is 0 Å². The Morgan fingerprint density at radius 1 is 0.153 bits per heavy atom. The van der Waals surface area contributed by atoms with Gasteiger partial charge in [0.1, 0.15) is 0 Å². The first-order valence-electron chi connectivity index (χ1n) is 58.2. The summed E-state index contributed by atoms with van der Waals surface area (Å²) in [5.74, 6) is 0.875. The summed E-state index contributed by atoms with van der Waals surface area (Å²) in [6.07, 6.45) is 149. The van der Waals surface area contributed by atoms with Crippen LogP contribution in [0.25, 0.3) is 0 Å². The SMILES string of the molecule is CCCCCCC=CCCCCCCCCCC(N)CCCCCCCCC(C)C.CCCCCCCCCCCC=CCCCCC(CCCCCCCCC)N(C)C.CCCCCCCCCCCC=CCCCCCCC(CCCCCCCCC)N(C)C.CCCCCCCCCCCCCCC=CCCCC(CCCCCCCCC)N(C)C. The topological polar surface area (TPSA) is 35.7 Å². The molecule has 124 heavy (non-hydrogen) atoms. The first-order valence-corrected chi connectivity index (χ1v) is 58.2. The summed E-state index contributed by atoms with van der Waals surface area (Å²) in [6.45, 7) is 20.7. The van der Waals surface area contributed by atoms with Crippen molar-refractivity contribution >= 4 is 0 Å². The van der Waals surface area contributed by atoms with E-state index in [0.29, 0.717) is 6.04 Å². The molecule has 4 atom stereocenters. The fourth-order valence-corrected chi connectivity index (χ4v) is 18.3. The maximum Gasteiger partial charge on any atom is 0.00892 e. The molecule has 0 aromatic rings. The van der Waals surface area contributed by atoms with Gasteiger partial charge in [-0.25, -0.2) is 0 Å². The van der Waals surface area contributed by atoms with Gasteiger partial charge >= 0.3 is 0 Å². The Morgan fingerprint density at radius 2 is 0.274 bits per heavy atom. The standard InChI is InChI=1S/2C31H63N.2C29H59N/c2*1-5-7-9-11-13-14-15-16-17-18-19-20-21-22-24-26-28-30-31(32(3)4)29-27-25-23-12-10-8-6-2;1-5-7-9-11-13-14-15-16-17-18-19-20-22-24-26-28-29(30(3)4)27-25-23-21-12-10-8-6-2;1-4-5-6-7-8-9-10-11-12-13-14-15-16-20-23-26-29(30)27-24-21-18-17-19-22-25-28(2)3/h22,24,31H,5-21,23,25-30H2,1-4H3;19-20,31H,5-18,21-30H2,1-4H3;19-20,29H,5-18,21-28H2,1-4H3;9-10,28-29H,4-8,11-27,30H2,1-3H3. The Bertz CT molecular complexity index is 1930. The van der Waals surface area contributed by atoms with Crippen LogP contribution in [0.1, 0.15) is 653 Å². The van der Waals surface area contributed by atoms with Gasteiger partial charge in [-0.2, -0.15) is 0 Å². The van der Waals surface area contributed by atoms with Gasteiger partial charge in [-0.3, -0.25) is 0 Å². The van der Waals surface area contributed by atoms with E-state index in [1.165, 1.54) is 591 Å². The number of nitrogens with zero attached hydrogens (tertiary/aromatic N) is 3. The van der Waals surface area contributed by atoms with Crippen molar-refractivity contribution in [3.05, 3.63) is 48.6 Å². The van der Waals surface area contributed by atoms with Crippen LogP contribution in [0.5, 0.6) is 0 Å². The molecule has 0 aromatic carbocycles. The Labute approximate surface area is 789 Å². The van der Waals surface area contributed by atoms with E-state index in [4.69, 9.17) is 5.73 Å². The highest BCUT2D eigenvalue weighted by Gasteiger charge is 2.14. The summed E-state index contributed by atoms with van der Waals surface area (Å²) in [4.78, 5) is 7.41. The number of rotatable bonds is 100. The average molecular weight is 1740 g/mol. The van der Waals surface area contributed by atoms with Crippen LogP contribution in [0.2, 0.25) is 0 Å². The molecule has 0 aliphatic heterocycles. The lowest BCUT2D eigenvalue weighted by Crippen LogP contribution is -2.27. The maximum atomic E-state index is 6.32. The third-order valence-electron chi connectivity index (χ3n) is 27.5. The number of hydrogen-bond acceptors (Lipinski definition) is 4. The molecule has 0 bridgehead atoms. The summed E-state index contributed by atoms with van der Waals surface area (Å²) in [6, 6.07) is 2.85. The Kier molecular flexibility index (Phi) is 123. The van der Waals surface area contributed by atoms with Crippen LogP contribution in [0, 0.1) is 5.92 Å². The van der Waals surface area contributed by atoms with Crippen LogP contribution in [-0.2, 0) is 0 Å². The molecule has 744 valence electrons. The van der Waals surface area contributed by atoms with E-state index in [9.17, 15) is 0 Å². The lowest BCUT2D eigenvalue weighted by molar-refractivity contribution is 0.251. The minimum absolute atomic E-state index is 0.458. The van der Waals surface area contributed by atoms with Gasteiger partial charge < -0.3 is 20.4 Å². The highest BCUT2D eigenvalue weighted by molar-refractivity contribution is 4.85. The highest BCUT2D eigenvalue weighted by atomic mass is 15.1. The molecule has 0 amide bonds. The second kappa shape index (κ2) is 118. The molecule has 0 fully saturated rings. The molecule has 0 saturated heterocycles. The molecule has 0 radical (unpaired) electrons. The largest absolute Gasteiger partial charge is 0.328 e. The van der Waals surface area contributed by atoms with Crippen molar-refractivity contribution in [3.63, 3.8) is 0 Å². The quantitative estimate of drug-likeness (QED) is 0.0486. The molecule has 0 heterocycles. The summed E-state index contributed by atoms with van der Waals surface area (Å²) < 4.78 is 0. The third-order valence-corrected chi connectivity index (χ3v) is 27.5. The molecular formula is C120H244N4. The van der Waals surface area contributed by atoms with E-state index in [-0.39, 0.29) is 0 Å². The zero-order valence-electron chi connectivity index (χ0n) is 89.5. The molecule has 4 unspecified atom stereocenters. The molecule has 0 aliphatic rings. The van der Waals surface area contributed by atoms with E-state index < -0.39 is 0 Å². The van der Waals surface area contributed by atoms with Crippen molar-refractivity contribution in [2.45, 2.75) is 677 Å². The predicted molar refractivity (Wildman–Crippen MR) is 576 cm³/mol. The van der Waals surface area contributed by atoms with Gasteiger partial charge in [-0.1, -0.05) is 548 Å². The van der Waals surface area contributed by atoms with Gasteiger partial charge in [0.15, 0.2) is 0 Å². The number of nitrogens with two attached hydrogens (primary N) is 1. The summed E-state index contributed by atoms with van der Waals surface area (Å²) in [7, 11) is 13.7. The van der Waals surface area contributed by atoms with Crippen molar-refractivity contribution in [2.75, 3.05) is 42.3 Å². The van der Waals surface area contributed by atoms with E-state index in [2.05, 4.69) is 168 Å². The van der Waals surface area contributed by atoms with Gasteiger partial charge in [0, 0.05) is 24.2 Å². The molecule has 0 spiro atoms. The number of allylic oxidation sites excluding steroid dienone is 8. The number of hydrogen-bond donors (Lipinski definition) is 1. The van der Waals surface area contributed by atoms with Crippen LogP contribution in [0.4, 0.5) is 0 Å². The van der Waals surface area contributed by atoms with E-state index >= 15 is 0 Å². The first-order chi connectivity index (χ1) is 60.8. The van der Waals surface area contributed by atoms with Gasteiger partial charge in [-0.15, -0.1) is 0 Å². The molecule has 0 aromatic heterocycles. The van der Waals surface area contributed by atoms with Crippen molar-refractivity contribution in [2.24, 2.45) is 11.7 Å². The second-order valence-electron chi connectivity index (χ2n) is 41.3. The zero-order valence-corrected chi connectivity index (χ0v) is 89.5. The number of unbranched alkanes of at least 4 members (excludes halogenated alkanes) is 71. The fraction of sp³-hybridized carbons (Fsp3) is 0.933. The highest BCUT2D eigenvalue weighted by Crippen LogP contribution is 2.24. The van der Waals surface area contributed by atoms with E-state index in [1.54, 1.807) is 0 Å². The lowest BCUT2D eigenvalue weighted by atomic mass is 9.99. The van der Waals surface area contributed by atoms with Crippen molar-refractivity contribution in [1.29, 1.82) is 0 Å². The van der Waals surface area contributed by atoms with Crippen molar-refractivity contribution in [1.82, 2.24) is 14.7 Å². The van der Waals surface area contributed by atoms with E-state index in [1.807, 2.05) is 0 Å². The van der Waals surface area contributed by atoms with Crippen LogP contribution in [0.3, 0.4) is 0 Å². The molecule has 2 N–H and O–H groups in total. The average Bonchev–Trinajstić information content (AvgIpc) is 0.976. The Hall–Kier alpha value is -1.20. The molecule has 0 rings (SSSR count). The van der Waals surface area contributed by atoms with Crippen LogP contribution < -0.4 is 5.73 Å². The zero-order chi connectivity index (χ0) is 91.3. The van der Waals surface area contributed by atoms with Crippen LogP contribution >= 0.6 is 0 Å². The predicted octanol–water partition coefficient (Wildman–Crippen LogP) is 42.0. The normalized spacial score (nSPS) is 12.9. The summed E-state index contributed by atoms with van der Waals surface area (Å²) in [5, 5.41) is 0. The summed E-state index contributed by atoms with van der Waals surface area (Å²) >= 11 is 0. The first kappa shape index (κ1) is 129.